The van der Waals surface area contributed by atoms with E-state index in [1.54, 1.807) is 6.26 Å². The average Bonchev–Trinajstić information content (AvgIpc) is 3.33. The first-order valence-electron chi connectivity index (χ1n) is 11.5. The summed E-state index contributed by atoms with van der Waals surface area (Å²) in [7, 11) is 0. The molecule has 7 nitrogen and oxygen atoms in total. The molecule has 0 spiro atoms. The van der Waals surface area contributed by atoms with E-state index in [0.717, 1.165) is 69.5 Å². The fourth-order valence-corrected chi connectivity index (χ4v) is 4.49. The van der Waals surface area contributed by atoms with E-state index in [9.17, 15) is 9.59 Å². The van der Waals surface area contributed by atoms with Crippen LogP contribution >= 0.6 is 0 Å². The predicted octanol–water partition coefficient (Wildman–Crippen LogP) is 4.88. The second-order valence-corrected chi connectivity index (χ2v) is 8.98. The van der Waals surface area contributed by atoms with Crippen LogP contribution in [0.1, 0.15) is 77.2 Å². The predicted molar refractivity (Wildman–Crippen MR) is 128 cm³/mol. The van der Waals surface area contributed by atoms with Crippen molar-refractivity contribution in [3.8, 4) is 0 Å². The van der Waals surface area contributed by atoms with Crippen molar-refractivity contribution < 1.29 is 18.4 Å². The third kappa shape index (κ3) is 4.58. The molecule has 2 N–H and O–H groups in total. The first kappa shape index (κ1) is 22.8. The molecule has 2 amide bonds. The van der Waals surface area contributed by atoms with Gasteiger partial charge < -0.3 is 14.2 Å². The van der Waals surface area contributed by atoms with Crippen LogP contribution in [0.25, 0.3) is 11.0 Å². The number of aryl methyl sites for hydroxylation is 3. The van der Waals surface area contributed by atoms with Gasteiger partial charge in [0.15, 0.2) is 5.76 Å². The summed E-state index contributed by atoms with van der Waals surface area (Å²) in [6.07, 6.45) is 4.98. The number of benzene rings is 1. The highest BCUT2D eigenvalue weighted by atomic mass is 16.4. The van der Waals surface area contributed by atoms with Gasteiger partial charge in [-0.1, -0.05) is 13.0 Å². The van der Waals surface area contributed by atoms with Crippen LogP contribution in [-0.2, 0) is 17.6 Å². The van der Waals surface area contributed by atoms with Crippen LogP contribution in [0, 0.1) is 20.8 Å². The summed E-state index contributed by atoms with van der Waals surface area (Å²) in [5.41, 5.74) is 8.90. The molecule has 2 heterocycles. The number of fused-ring (bicyclic) bond motifs is 2. The Hall–Kier alpha value is -3.35. The summed E-state index contributed by atoms with van der Waals surface area (Å²) in [5.74, 6) is 0.662. The molecule has 1 aliphatic carbocycles. The second-order valence-electron chi connectivity index (χ2n) is 8.98. The first-order valence-corrected chi connectivity index (χ1v) is 11.5. The zero-order chi connectivity index (χ0) is 23.7. The van der Waals surface area contributed by atoms with Gasteiger partial charge in [0.25, 0.3) is 5.91 Å². The molecule has 7 heteroatoms. The van der Waals surface area contributed by atoms with Crippen LogP contribution in [0.3, 0.4) is 0 Å². The van der Waals surface area contributed by atoms with Crippen molar-refractivity contribution in [3.05, 3.63) is 57.7 Å². The van der Waals surface area contributed by atoms with Crippen LogP contribution < -0.4 is 10.7 Å². The lowest BCUT2D eigenvalue weighted by Gasteiger charge is -2.13. The number of carbonyl (C=O) groups excluding carboxylic acids is 2. The molecule has 174 valence electrons. The van der Waals surface area contributed by atoms with Crippen LogP contribution in [0.2, 0.25) is 0 Å². The highest BCUT2D eigenvalue weighted by Gasteiger charge is 2.28. The normalized spacial score (nSPS) is 15.5. The van der Waals surface area contributed by atoms with Gasteiger partial charge in [0.2, 0.25) is 5.91 Å². The molecule has 1 atom stereocenters. The molecule has 1 aromatic carbocycles. The van der Waals surface area contributed by atoms with Crippen molar-refractivity contribution in [1.82, 2.24) is 10.7 Å². The van der Waals surface area contributed by atoms with Crippen molar-refractivity contribution >= 4 is 28.5 Å². The Morgan fingerprint density at radius 2 is 1.97 bits per heavy atom. The fraction of sp³-hybridized carbons (Fsp3) is 0.423. The van der Waals surface area contributed by atoms with E-state index < -0.39 is 0 Å². The molecule has 3 aromatic rings. The van der Waals surface area contributed by atoms with E-state index in [1.807, 2.05) is 40.7 Å². The van der Waals surface area contributed by atoms with Gasteiger partial charge in [-0.05, 0) is 64.2 Å². The molecular formula is C26H31N3O4. The summed E-state index contributed by atoms with van der Waals surface area (Å²) in [5, 5.41) is 8.36. The number of hydrogen-bond acceptors (Lipinski definition) is 5. The molecule has 4 rings (SSSR count). The van der Waals surface area contributed by atoms with Crippen molar-refractivity contribution in [1.29, 1.82) is 0 Å². The third-order valence-electron chi connectivity index (χ3n) is 6.28. The van der Waals surface area contributed by atoms with Crippen molar-refractivity contribution in [2.24, 2.45) is 5.10 Å². The maximum absolute atomic E-state index is 12.7. The van der Waals surface area contributed by atoms with Gasteiger partial charge in [0.1, 0.15) is 11.3 Å². The van der Waals surface area contributed by atoms with Gasteiger partial charge >= 0.3 is 0 Å². The Bertz CT molecular complexity index is 1250. The highest BCUT2D eigenvalue weighted by molar-refractivity contribution is 6.06. The lowest BCUT2D eigenvalue weighted by Crippen LogP contribution is -2.32. The maximum atomic E-state index is 12.7. The molecule has 2 aromatic heterocycles. The van der Waals surface area contributed by atoms with Crippen molar-refractivity contribution in [3.63, 3.8) is 0 Å². The number of rotatable bonds is 6. The minimum absolute atomic E-state index is 0.0676. The Balaban J connectivity index is 1.52. The standard InChI is InChI=1S/C26H31N3O4/c1-6-16(4)27-26(31)25-17(5)24-19(8-7-9-20(24)33-25)28-29-22(30)12-18-13-32-21-11-14(2)10-15(3)23(18)21/h10-11,13,16H,6-9,12H2,1-5H3,(H,27,31)(H,29,30)/b28-19+. The molecule has 0 saturated carbocycles. The highest BCUT2D eigenvalue weighted by Crippen LogP contribution is 2.30. The van der Waals surface area contributed by atoms with Gasteiger partial charge in [0, 0.05) is 34.5 Å². The van der Waals surface area contributed by atoms with E-state index in [2.05, 4.69) is 21.9 Å². The Morgan fingerprint density at radius 3 is 2.73 bits per heavy atom. The SMILES string of the molecule is CCC(C)NC(=O)c1oc2c(c1C)/C(=N/NC(=O)Cc1coc3cc(C)cc(C)c13)CCC2. The monoisotopic (exact) mass is 449 g/mol. The van der Waals surface area contributed by atoms with E-state index in [4.69, 9.17) is 8.83 Å². The summed E-state index contributed by atoms with van der Waals surface area (Å²) in [6.45, 7) is 9.90. The van der Waals surface area contributed by atoms with Crippen molar-refractivity contribution in [2.75, 3.05) is 0 Å². The van der Waals surface area contributed by atoms with E-state index in [0.29, 0.717) is 12.2 Å². The smallest absolute Gasteiger partial charge is 0.287 e. The number of amides is 2. The molecule has 0 aliphatic heterocycles. The zero-order valence-electron chi connectivity index (χ0n) is 19.9. The Morgan fingerprint density at radius 1 is 1.18 bits per heavy atom. The largest absolute Gasteiger partial charge is 0.464 e. The molecular weight excluding hydrogens is 418 g/mol. The Labute approximate surface area is 193 Å². The lowest BCUT2D eigenvalue weighted by atomic mass is 9.93. The Kier molecular flexibility index (Phi) is 6.40. The lowest BCUT2D eigenvalue weighted by molar-refractivity contribution is -0.120. The summed E-state index contributed by atoms with van der Waals surface area (Å²) < 4.78 is 11.6. The molecule has 0 bridgehead atoms. The molecule has 1 unspecified atom stereocenters. The number of nitrogens with zero attached hydrogens (tertiary/aromatic N) is 1. The number of furan rings is 2. The third-order valence-corrected chi connectivity index (χ3v) is 6.28. The summed E-state index contributed by atoms with van der Waals surface area (Å²) in [6, 6.07) is 4.13. The fourth-order valence-electron chi connectivity index (χ4n) is 4.49. The number of nitrogens with one attached hydrogen (secondary N) is 2. The zero-order valence-corrected chi connectivity index (χ0v) is 19.9. The van der Waals surface area contributed by atoms with E-state index in [1.165, 1.54) is 0 Å². The number of carbonyl (C=O) groups is 2. The molecule has 0 fully saturated rings. The maximum Gasteiger partial charge on any atom is 0.287 e. The average molecular weight is 450 g/mol. The number of hydrogen-bond donors (Lipinski definition) is 2. The van der Waals surface area contributed by atoms with Crippen molar-refractivity contribution in [2.45, 2.75) is 72.8 Å². The summed E-state index contributed by atoms with van der Waals surface area (Å²) >= 11 is 0. The second kappa shape index (κ2) is 9.25. The van der Waals surface area contributed by atoms with Gasteiger partial charge in [-0.3, -0.25) is 9.59 Å². The van der Waals surface area contributed by atoms with Crippen LogP contribution in [-0.4, -0.2) is 23.6 Å². The summed E-state index contributed by atoms with van der Waals surface area (Å²) in [4.78, 5) is 25.3. The van der Waals surface area contributed by atoms with Crippen LogP contribution in [0.5, 0.6) is 0 Å². The first-order chi connectivity index (χ1) is 15.8. The minimum Gasteiger partial charge on any atom is -0.464 e. The van der Waals surface area contributed by atoms with Gasteiger partial charge in [-0.25, -0.2) is 5.43 Å². The molecule has 1 aliphatic rings. The molecule has 0 saturated heterocycles. The van der Waals surface area contributed by atoms with Gasteiger partial charge in [0.05, 0.1) is 18.4 Å². The van der Waals surface area contributed by atoms with E-state index >= 15 is 0 Å². The van der Waals surface area contributed by atoms with E-state index in [-0.39, 0.29) is 24.3 Å². The van der Waals surface area contributed by atoms with Gasteiger partial charge in [-0.2, -0.15) is 5.10 Å². The minimum atomic E-state index is -0.215. The van der Waals surface area contributed by atoms with Crippen LogP contribution in [0.15, 0.2) is 32.3 Å². The van der Waals surface area contributed by atoms with Gasteiger partial charge in [-0.15, -0.1) is 0 Å². The molecule has 0 radical (unpaired) electrons. The molecule has 33 heavy (non-hydrogen) atoms. The number of hydrazone groups is 1. The quantitative estimate of drug-likeness (QED) is 0.524. The van der Waals surface area contributed by atoms with Crippen LogP contribution in [0.4, 0.5) is 0 Å². The topological polar surface area (TPSA) is 96.8 Å².